The molecule has 5 heteroatoms. The molecule has 0 spiro atoms. The van der Waals surface area contributed by atoms with E-state index < -0.39 is 5.97 Å². The molecule has 0 radical (unpaired) electrons. The zero-order valence-corrected chi connectivity index (χ0v) is 11.7. The fraction of sp³-hybridized carbons (Fsp3) is 0.467. The second kappa shape index (κ2) is 5.09. The highest BCUT2D eigenvalue weighted by atomic mass is 35.5. The third-order valence-electron chi connectivity index (χ3n) is 4.55. The number of amides is 1. The highest BCUT2D eigenvalue weighted by Gasteiger charge is 2.43. The number of carbonyl (C=O) groups is 2. The van der Waals surface area contributed by atoms with Gasteiger partial charge in [0.25, 0.3) is 0 Å². The summed E-state index contributed by atoms with van der Waals surface area (Å²) in [5.74, 6) is 0.293. The van der Waals surface area contributed by atoms with Crippen LogP contribution in [0.25, 0.3) is 0 Å². The number of aromatic carboxylic acids is 1. The van der Waals surface area contributed by atoms with Crippen LogP contribution in [-0.4, -0.2) is 17.0 Å². The number of carboxylic acid groups (broad SMARTS) is 1. The molecule has 1 aromatic carbocycles. The minimum atomic E-state index is -1.03. The second-order valence-electron chi connectivity index (χ2n) is 5.77. The molecule has 106 valence electrons. The molecule has 2 saturated carbocycles. The number of nitrogens with one attached hydrogen (secondary N) is 1. The first-order chi connectivity index (χ1) is 9.54. The summed E-state index contributed by atoms with van der Waals surface area (Å²) < 4.78 is 0. The summed E-state index contributed by atoms with van der Waals surface area (Å²) in [5.41, 5.74) is 0.609. The Morgan fingerprint density at radius 3 is 2.60 bits per heavy atom. The summed E-state index contributed by atoms with van der Waals surface area (Å²) in [5, 5.41) is 12.0. The zero-order chi connectivity index (χ0) is 14.3. The number of anilines is 1. The maximum atomic E-state index is 12.3. The third-order valence-corrected chi connectivity index (χ3v) is 4.86. The first-order valence-corrected chi connectivity index (χ1v) is 7.26. The van der Waals surface area contributed by atoms with Gasteiger partial charge in [-0.1, -0.05) is 18.0 Å². The molecule has 0 aliphatic heterocycles. The van der Waals surface area contributed by atoms with E-state index in [-0.39, 0.29) is 22.4 Å². The van der Waals surface area contributed by atoms with E-state index in [0.717, 1.165) is 12.8 Å². The van der Waals surface area contributed by atoms with Crippen LogP contribution in [0.4, 0.5) is 5.69 Å². The average molecular weight is 294 g/mol. The lowest BCUT2D eigenvalue weighted by molar-refractivity contribution is -0.121. The molecule has 3 unspecified atom stereocenters. The summed E-state index contributed by atoms with van der Waals surface area (Å²) >= 11 is 6.03. The fourth-order valence-electron chi connectivity index (χ4n) is 3.54. The van der Waals surface area contributed by atoms with Gasteiger partial charge in [0.2, 0.25) is 5.91 Å². The van der Waals surface area contributed by atoms with Crippen molar-refractivity contribution in [1.29, 1.82) is 0 Å². The van der Waals surface area contributed by atoms with Crippen LogP contribution in [-0.2, 0) is 4.79 Å². The van der Waals surface area contributed by atoms with Gasteiger partial charge in [0.1, 0.15) is 0 Å². The van der Waals surface area contributed by atoms with E-state index in [1.165, 1.54) is 25.0 Å². The molecule has 20 heavy (non-hydrogen) atoms. The lowest BCUT2D eigenvalue weighted by Crippen LogP contribution is -2.27. The van der Waals surface area contributed by atoms with E-state index in [0.29, 0.717) is 17.5 Å². The average Bonchev–Trinajstić information content (AvgIpc) is 3.03. The molecular weight excluding hydrogens is 278 g/mol. The fourth-order valence-corrected chi connectivity index (χ4v) is 3.77. The highest BCUT2D eigenvalue weighted by Crippen LogP contribution is 2.48. The van der Waals surface area contributed by atoms with Gasteiger partial charge in [-0.2, -0.15) is 0 Å². The number of benzene rings is 1. The summed E-state index contributed by atoms with van der Waals surface area (Å²) in [4.78, 5) is 23.1. The van der Waals surface area contributed by atoms with Gasteiger partial charge in [-0.3, -0.25) is 4.79 Å². The maximum Gasteiger partial charge on any atom is 0.335 e. The van der Waals surface area contributed by atoms with Gasteiger partial charge >= 0.3 is 5.97 Å². The summed E-state index contributed by atoms with van der Waals surface area (Å²) in [6.07, 6.45) is 4.54. The Bertz CT molecular complexity index is 572. The first kappa shape index (κ1) is 13.4. The van der Waals surface area contributed by atoms with Gasteiger partial charge in [0.15, 0.2) is 0 Å². The van der Waals surface area contributed by atoms with Crippen molar-refractivity contribution >= 4 is 29.2 Å². The number of rotatable bonds is 3. The molecule has 2 N–H and O–H groups in total. The van der Waals surface area contributed by atoms with Gasteiger partial charge in [0.05, 0.1) is 16.3 Å². The Labute approximate surface area is 122 Å². The van der Waals surface area contributed by atoms with Crippen molar-refractivity contribution in [2.24, 2.45) is 17.8 Å². The van der Waals surface area contributed by atoms with Crippen molar-refractivity contribution in [1.82, 2.24) is 0 Å². The van der Waals surface area contributed by atoms with Crippen LogP contribution < -0.4 is 5.32 Å². The Kier molecular flexibility index (Phi) is 3.42. The zero-order valence-electron chi connectivity index (χ0n) is 10.9. The van der Waals surface area contributed by atoms with Crippen LogP contribution >= 0.6 is 11.6 Å². The van der Waals surface area contributed by atoms with E-state index >= 15 is 0 Å². The molecule has 2 bridgehead atoms. The third kappa shape index (κ3) is 2.40. The Morgan fingerprint density at radius 1 is 1.25 bits per heavy atom. The minimum Gasteiger partial charge on any atom is -0.478 e. The predicted octanol–water partition coefficient (Wildman–Crippen LogP) is 3.41. The Hall–Kier alpha value is -1.55. The van der Waals surface area contributed by atoms with Gasteiger partial charge in [-0.15, -0.1) is 0 Å². The minimum absolute atomic E-state index is 0.0159. The van der Waals surface area contributed by atoms with Crippen LogP contribution in [0.1, 0.15) is 36.0 Å². The van der Waals surface area contributed by atoms with Gasteiger partial charge < -0.3 is 10.4 Å². The summed E-state index contributed by atoms with van der Waals surface area (Å²) in [7, 11) is 0. The quantitative estimate of drug-likeness (QED) is 0.897. The van der Waals surface area contributed by atoms with Crippen molar-refractivity contribution in [3.8, 4) is 0 Å². The molecular formula is C15H16ClNO3. The first-order valence-electron chi connectivity index (χ1n) is 6.88. The normalized spacial score (nSPS) is 27.6. The predicted molar refractivity (Wildman–Crippen MR) is 76.0 cm³/mol. The van der Waals surface area contributed by atoms with Crippen LogP contribution in [0.3, 0.4) is 0 Å². The maximum absolute atomic E-state index is 12.3. The Morgan fingerprint density at radius 2 is 2.05 bits per heavy atom. The van der Waals surface area contributed by atoms with Gasteiger partial charge in [0, 0.05) is 5.92 Å². The molecule has 1 aromatic rings. The van der Waals surface area contributed by atoms with Crippen LogP contribution in [0.5, 0.6) is 0 Å². The number of fused-ring (bicyclic) bond motifs is 2. The standard InChI is InChI=1S/C15H16ClNO3/c16-12-7-10(15(19)20)3-4-13(12)17-14(18)11-6-8-1-2-9(11)5-8/h3-4,7-9,11H,1-2,5-6H2,(H,17,18)(H,19,20). The van der Waals surface area contributed by atoms with Crippen LogP contribution in [0.15, 0.2) is 18.2 Å². The smallest absolute Gasteiger partial charge is 0.335 e. The van der Waals surface area contributed by atoms with E-state index in [4.69, 9.17) is 16.7 Å². The number of hydrogen-bond acceptors (Lipinski definition) is 2. The molecule has 0 aromatic heterocycles. The van der Waals surface area contributed by atoms with Crippen molar-refractivity contribution in [2.75, 3.05) is 5.32 Å². The Balaban J connectivity index is 1.71. The number of hydrogen-bond donors (Lipinski definition) is 2. The largest absolute Gasteiger partial charge is 0.478 e. The van der Waals surface area contributed by atoms with Crippen molar-refractivity contribution in [2.45, 2.75) is 25.7 Å². The van der Waals surface area contributed by atoms with E-state index in [1.807, 2.05) is 0 Å². The number of carboxylic acids is 1. The number of carbonyl (C=O) groups excluding carboxylic acids is 1. The molecule has 3 rings (SSSR count). The van der Waals surface area contributed by atoms with Crippen LogP contribution in [0, 0.1) is 17.8 Å². The molecule has 0 heterocycles. The summed E-state index contributed by atoms with van der Waals surface area (Å²) in [6, 6.07) is 4.36. The van der Waals surface area contributed by atoms with Crippen molar-refractivity contribution in [3.63, 3.8) is 0 Å². The molecule has 1 amide bonds. The SMILES string of the molecule is O=C(O)c1ccc(NC(=O)C2CC3CCC2C3)c(Cl)c1. The van der Waals surface area contributed by atoms with Crippen molar-refractivity contribution < 1.29 is 14.7 Å². The van der Waals surface area contributed by atoms with Crippen LogP contribution in [0.2, 0.25) is 5.02 Å². The molecule has 2 aliphatic carbocycles. The van der Waals surface area contributed by atoms with Gasteiger partial charge in [-0.25, -0.2) is 4.79 Å². The lowest BCUT2D eigenvalue weighted by atomic mass is 9.88. The second-order valence-corrected chi connectivity index (χ2v) is 6.18. The highest BCUT2D eigenvalue weighted by molar-refractivity contribution is 6.34. The van der Waals surface area contributed by atoms with E-state index in [2.05, 4.69) is 5.32 Å². The number of halogens is 1. The molecule has 3 atom stereocenters. The lowest BCUT2D eigenvalue weighted by Gasteiger charge is -2.21. The molecule has 2 aliphatic rings. The topological polar surface area (TPSA) is 66.4 Å². The van der Waals surface area contributed by atoms with E-state index in [1.54, 1.807) is 6.07 Å². The monoisotopic (exact) mass is 293 g/mol. The molecule has 2 fully saturated rings. The molecule has 0 saturated heterocycles. The summed E-state index contributed by atoms with van der Waals surface area (Å²) in [6.45, 7) is 0. The van der Waals surface area contributed by atoms with E-state index in [9.17, 15) is 9.59 Å². The molecule has 4 nitrogen and oxygen atoms in total. The van der Waals surface area contributed by atoms with Gasteiger partial charge in [-0.05, 0) is 49.3 Å². The van der Waals surface area contributed by atoms with Crippen molar-refractivity contribution in [3.05, 3.63) is 28.8 Å².